The zero-order chi connectivity index (χ0) is 16.8. The van der Waals surface area contributed by atoms with Gasteiger partial charge in [-0.1, -0.05) is 18.3 Å². The monoisotopic (exact) mass is 349 g/mol. The van der Waals surface area contributed by atoms with Gasteiger partial charge in [-0.25, -0.2) is 4.79 Å². The number of nitrogens with one attached hydrogen (secondary N) is 2. The zero-order valence-corrected chi connectivity index (χ0v) is 14.6. The number of hydrogen-bond acceptors (Lipinski definition) is 6. The van der Waals surface area contributed by atoms with E-state index >= 15 is 0 Å². The molecule has 2 amide bonds. The average Bonchev–Trinajstić information content (AvgIpc) is 3.30. The van der Waals surface area contributed by atoms with Crippen LogP contribution in [0.15, 0.2) is 22.8 Å². The fourth-order valence-corrected chi connectivity index (χ4v) is 3.73. The third-order valence-corrected chi connectivity index (χ3v) is 4.96. The second kappa shape index (κ2) is 8.25. The summed E-state index contributed by atoms with van der Waals surface area (Å²) in [5.74, 6) is 0.887. The first-order chi connectivity index (χ1) is 11.8. The van der Waals surface area contributed by atoms with Crippen LogP contribution in [0.3, 0.4) is 0 Å². The summed E-state index contributed by atoms with van der Waals surface area (Å²) in [6.07, 6.45) is 5.95. The molecule has 8 heteroatoms. The standard InChI is InChI=1S/C16H23N5O2S/c1-2-6-14-19-20-16(24-14)18-15(22)17-11-12(13-7-5-10-23-13)21-8-3-4-9-21/h5,7,10,12H,2-4,6,8-9,11H2,1H3,(H2,17,18,20,22). The molecule has 0 aromatic carbocycles. The highest BCUT2D eigenvalue weighted by molar-refractivity contribution is 7.15. The second-order valence-electron chi connectivity index (χ2n) is 5.86. The molecule has 3 heterocycles. The quantitative estimate of drug-likeness (QED) is 0.803. The maximum Gasteiger partial charge on any atom is 0.321 e. The molecule has 1 aliphatic rings. The van der Waals surface area contributed by atoms with Crippen LogP contribution in [-0.2, 0) is 6.42 Å². The predicted octanol–water partition coefficient (Wildman–Crippen LogP) is 3.04. The van der Waals surface area contributed by atoms with Gasteiger partial charge in [0.25, 0.3) is 0 Å². The third kappa shape index (κ3) is 4.33. The van der Waals surface area contributed by atoms with Crippen molar-refractivity contribution in [2.24, 2.45) is 0 Å². The van der Waals surface area contributed by atoms with Crippen LogP contribution in [0.25, 0.3) is 0 Å². The summed E-state index contributed by atoms with van der Waals surface area (Å²) in [4.78, 5) is 14.5. The van der Waals surface area contributed by atoms with Crippen molar-refractivity contribution in [2.45, 2.75) is 38.6 Å². The number of aryl methyl sites for hydroxylation is 1. The van der Waals surface area contributed by atoms with Gasteiger partial charge in [-0.3, -0.25) is 10.2 Å². The fraction of sp³-hybridized carbons (Fsp3) is 0.562. The summed E-state index contributed by atoms with van der Waals surface area (Å²) in [7, 11) is 0. The van der Waals surface area contributed by atoms with E-state index in [0.29, 0.717) is 11.7 Å². The van der Waals surface area contributed by atoms with E-state index in [1.807, 2.05) is 12.1 Å². The van der Waals surface area contributed by atoms with E-state index in [1.54, 1.807) is 6.26 Å². The maximum absolute atomic E-state index is 12.1. The van der Waals surface area contributed by atoms with Crippen molar-refractivity contribution in [3.63, 3.8) is 0 Å². The maximum atomic E-state index is 12.1. The van der Waals surface area contributed by atoms with Gasteiger partial charge in [0, 0.05) is 13.0 Å². The Morgan fingerprint density at radius 3 is 2.96 bits per heavy atom. The summed E-state index contributed by atoms with van der Waals surface area (Å²) in [5.41, 5.74) is 0. The minimum atomic E-state index is -0.259. The molecule has 2 aromatic rings. The van der Waals surface area contributed by atoms with Crippen LogP contribution >= 0.6 is 11.3 Å². The first kappa shape index (κ1) is 16.9. The number of anilines is 1. The Morgan fingerprint density at radius 1 is 1.42 bits per heavy atom. The minimum Gasteiger partial charge on any atom is -0.468 e. The van der Waals surface area contributed by atoms with Gasteiger partial charge >= 0.3 is 6.03 Å². The van der Waals surface area contributed by atoms with Crippen LogP contribution in [0.1, 0.15) is 43.0 Å². The van der Waals surface area contributed by atoms with Gasteiger partial charge in [-0.05, 0) is 44.5 Å². The molecule has 0 spiro atoms. The Balaban J connectivity index is 1.54. The van der Waals surface area contributed by atoms with Crippen molar-refractivity contribution in [2.75, 3.05) is 25.0 Å². The lowest BCUT2D eigenvalue weighted by atomic mass is 10.2. The van der Waals surface area contributed by atoms with Crippen LogP contribution in [0.2, 0.25) is 0 Å². The summed E-state index contributed by atoms with van der Waals surface area (Å²) >= 11 is 1.42. The van der Waals surface area contributed by atoms with Gasteiger partial charge in [-0.15, -0.1) is 10.2 Å². The highest BCUT2D eigenvalue weighted by Gasteiger charge is 2.26. The van der Waals surface area contributed by atoms with E-state index in [2.05, 4.69) is 32.7 Å². The molecule has 1 unspecified atom stereocenters. The Hall–Kier alpha value is -1.93. The van der Waals surface area contributed by atoms with Gasteiger partial charge in [0.2, 0.25) is 5.13 Å². The Bertz CT molecular complexity index is 637. The summed E-state index contributed by atoms with van der Waals surface area (Å²) in [6, 6.07) is 3.66. The van der Waals surface area contributed by atoms with Gasteiger partial charge < -0.3 is 9.73 Å². The number of furan rings is 1. The lowest BCUT2D eigenvalue weighted by molar-refractivity contribution is 0.207. The largest absolute Gasteiger partial charge is 0.468 e. The van der Waals surface area contributed by atoms with Crippen LogP contribution in [-0.4, -0.2) is 40.8 Å². The van der Waals surface area contributed by atoms with Crippen LogP contribution in [0.5, 0.6) is 0 Å². The summed E-state index contributed by atoms with van der Waals surface area (Å²) < 4.78 is 5.56. The van der Waals surface area contributed by atoms with Crippen molar-refractivity contribution >= 4 is 22.5 Å². The van der Waals surface area contributed by atoms with E-state index in [1.165, 1.54) is 24.2 Å². The fourth-order valence-electron chi connectivity index (χ4n) is 2.89. The Kier molecular flexibility index (Phi) is 5.81. The predicted molar refractivity (Wildman–Crippen MR) is 93.2 cm³/mol. The second-order valence-corrected chi connectivity index (χ2v) is 6.92. The molecule has 7 nitrogen and oxygen atoms in total. The first-order valence-electron chi connectivity index (χ1n) is 8.41. The molecule has 0 aliphatic carbocycles. The first-order valence-corrected chi connectivity index (χ1v) is 9.22. The molecule has 0 bridgehead atoms. The van der Waals surface area contributed by atoms with E-state index < -0.39 is 0 Å². The zero-order valence-electron chi connectivity index (χ0n) is 13.8. The Morgan fingerprint density at radius 2 is 2.25 bits per heavy atom. The van der Waals surface area contributed by atoms with Gasteiger partial charge in [0.1, 0.15) is 10.8 Å². The number of carbonyl (C=O) groups is 1. The SMILES string of the molecule is CCCc1nnc(NC(=O)NCC(c2ccco2)N2CCCC2)s1. The van der Waals surface area contributed by atoms with Crippen LogP contribution in [0, 0.1) is 0 Å². The normalized spacial score (nSPS) is 16.2. The Labute approximate surface area is 145 Å². The number of aromatic nitrogens is 2. The molecule has 1 atom stereocenters. The molecule has 3 rings (SSSR count). The topological polar surface area (TPSA) is 83.3 Å². The molecule has 1 aliphatic heterocycles. The summed E-state index contributed by atoms with van der Waals surface area (Å²) in [5, 5.41) is 15.2. The lowest BCUT2D eigenvalue weighted by Gasteiger charge is -2.25. The van der Waals surface area contributed by atoms with Crippen molar-refractivity contribution in [3.05, 3.63) is 29.2 Å². The summed E-state index contributed by atoms with van der Waals surface area (Å²) in [6.45, 7) is 4.66. The number of hydrogen-bond donors (Lipinski definition) is 2. The lowest BCUT2D eigenvalue weighted by Crippen LogP contribution is -2.38. The minimum absolute atomic E-state index is 0.0679. The van der Waals surface area contributed by atoms with Crippen LogP contribution in [0.4, 0.5) is 9.93 Å². The van der Waals surface area contributed by atoms with Gasteiger partial charge in [-0.2, -0.15) is 0 Å². The molecule has 1 fully saturated rings. The molecular weight excluding hydrogens is 326 g/mol. The smallest absolute Gasteiger partial charge is 0.321 e. The number of amides is 2. The van der Waals surface area contributed by atoms with Crippen LogP contribution < -0.4 is 10.6 Å². The highest BCUT2D eigenvalue weighted by Crippen LogP contribution is 2.25. The number of urea groups is 1. The average molecular weight is 349 g/mol. The molecule has 1 saturated heterocycles. The van der Waals surface area contributed by atoms with Gasteiger partial charge in [0.05, 0.1) is 12.3 Å². The van der Waals surface area contributed by atoms with E-state index in [4.69, 9.17) is 4.42 Å². The number of rotatable bonds is 7. The molecule has 0 radical (unpaired) electrons. The number of nitrogens with zero attached hydrogens (tertiary/aromatic N) is 3. The van der Waals surface area contributed by atoms with E-state index in [0.717, 1.165) is 36.7 Å². The third-order valence-electron chi connectivity index (χ3n) is 4.06. The van der Waals surface area contributed by atoms with E-state index in [9.17, 15) is 4.79 Å². The number of carbonyl (C=O) groups excluding carboxylic acids is 1. The van der Waals surface area contributed by atoms with Crippen molar-refractivity contribution in [1.29, 1.82) is 0 Å². The highest BCUT2D eigenvalue weighted by atomic mass is 32.1. The molecule has 24 heavy (non-hydrogen) atoms. The van der Waals surface area contributed by atoms with Crippen molar-refractivity contribution in [1.82, 2.24) is 20.4 Å². The molecule has 0 saturated carbocycles. The molecule has 130 valence electrons. The van der Waals surface area contributed by atoms with E-state index in [-0.39, 0.29) is 12.1 Å². The number of likely N-dealkylation sites (tertiary alicyclic amines) is 1. The van der Waals surface area contributed by atoms with Crippen molar-refractivity contribution in [3.8, 4) is 0 Å². The molecule has 2 N–H and O–H groups in total. The van der Waals surface area contributed by atoms with Crippen molar-refractivity contribution < 1.29 is 9.21 Å². The van der Waals surface area contributed by atoms with Gasteiger partial charge in [0.15, 0.2) is 0 Å². The molecular formula is C16H23N5O2S. The molecule has 2 aromatic heterocycles.